The van der Waals surface area contributed by atoms with Crippen LogP contribution >= 0.6 is 0 Å². The Hall–Kier alpha value is -0.570. The zero-order chi connectivity index (χ0) is 9.72. The van der Waals surface area contributed by atoms with E-state index in [4.69, 9.17) is 5.11 Å². The third kappa shape index (κ3) is 3.72. The molecule has 3 heteroatoms. The van der Waals surface area contributed by atoms with Gasteiger partial charge in [0.25, 0.3) is 0 Å². The summed E-state index contributed by atoms with van der Waals surface area (Å²) in [6.07, 6.45) is 0.701. The number of rotatable bonds is 5. The Bertz CT molecular complexity index is 145. The molecule has 0 aliphatic carbocycles. The fraction of sp³-hybridized carbons (Fsp3) is 0.889. The van der Waals surface area contributed by atoms with E-state index in [0.29, 0.717) is 19.0 Å². The number of carboxylic acids is 1. The van der Waals surface area contributed by atoms with Crippen LogP contribution in [0.4, 0.5) is 0 Å². The summed E-state index contributed by atoms with van der Waals surface area (Å²) in [5.41, 5.74) is 0. The summed E-state index contributed by atoms with van der Waals surface area (Å²) in [5.74, 6) is -0.914. The maximum absolute atomic E-state index is 10.7. The predicted molar refractivity (Wildman–Crippen MR) is 49.2 cm³/mol. The fourth-order valence-corrected chi connectivity index (χ4v) is 0.940. The molecule has 0 radical (unpaired) electrons. The lowest BCUT2D eigenvalue weighted by atomic mass is 10.1. The van der Waals surface area contributed by atoms with Crippen LogP contribution in [0.5, 0.6) is 0 Å². The second-order valence-corrected chi connectivity index (χ2v) is 3.48. The second-order valence-electron chi connectivity index (χ2n) is 3.48. The summed E-state index contributed by atoms with van der Waals surface area (Å²) in [4.78, 5) is 12.7. The van der Waals surface area contributed by atoms with Crippen molar-refractivity contribution >= 4 is 5.97 Å². The van der Waals surface area contributed by atoms with Gasteiger partial charge in [-0.3, -0.25) is 4.79 Å². The van der Waals surface area contributed by atoms with Gasteiger partial charge in [0, 0.05) is 12.6 Å². The third-order valence-corrected chi connectivity index (χ3v) is 2.23. The van der Waals surface area contributed by atoms with Gasteiger partial charge in [0.15, 0.2) is 0 Å². The minimum Gasteiger partial charge on any atom is -0.481 e. The fourth-order valence-electron chi connectivity index (χ4n) is 0.940. The number of aliphatic carboxylic acids is 1. The van der Waals surface area contributed by atoms with E-state index in [0.717, 1.165) is 0 Å². The first kappa shape index (κ1) is 11.4. The van der Waals surface area contributed by atoms with Crippen molar-refractivity contribution < 1.29 is 9.90 Å². The van der Waals surface area contributed by atoms with Crippen LogP contribution in [0, 0.1) is 5.92 Å². The Kier molecular flexibility index (Phi) is 4.90. The minimum absolute atomic E-state index is 0.225. The lowest BCUT2D eigenvalue weighted by Gasteiger charge is -2.23. The van der Waals surface area contributed by atoms with E-state index in [1.807, 2.05) is 14.0 Å². The van der Waals surface area contributed by atoms with E-state index in [9.17, 15) is 4.79 Å². The molecule has 0 aliphatic rings. The average Bonchev–Trinajstić information content (AvgIpc) is 1.98. The number of hydrogen-bond donors (Lipinski definition) is 1. The molecule has 1 atom stereocenters. The van der Waals surface area contributed by atoms with Gasteiger partial charge in [0.1, 0.15) is 0 Å². The van der Waals surface area contributed by atoms with Gasteiger partial charge in [-0.25, -0.2) is 0 Å². The second kappa shape index (κ2) is 5.14. The van der Waals surface area contributed by atoms with Gasteiger partial charge in [-0.2, -0.15) is 0 Å². The molecule has 0 aromatic carbocycles. The highest BCUT2D eigenvalue weighted by molar-refractivity contribution is 5.70. The van der Waals surface area contributed by atoms with Crippen LogP contribution in [0.2, 0.25) is 0 Å². The zero-order valence-corrected chi connectivity index (χ0v) is 8.37. The topological polar surface area (TPSA) is 40.5 Å². The Morgan fingerprint density at radius 1 is 1.50 bits per heavy atom. The van der Waals surface area contributed by atoms with Crippen molar-refractivity contribution in [2.24, 2.45) is 5.92 Å². The van der Waals surface area contributed by atoms with Gasteiger partial charge in [-0.1, -0.05) is 6.92 Å². The van der Waals surface area contributed by atoms with E-state index in [2.05, 4.69) is 18.7 Å². The molecule has 0 rings (SSSR count). The average molecular weight is 173 g/mol. The van der Waals surface area contributed by atoms with E-state index >= 15 is 0 Å². The monoisotopic (exact) mass is 173 g/mol. The van der Waals surface area contributed by atoms with Crippen LogP contribution in [0.1, 0.15) is 27.2 Å². The quantitative estimate of drug-likeness (QED) is 0.684. The Balaban J connectivity index is 3.94. The Labute approximate surface area is 74.4 Å². The molecular formula is C9H19NO2. The largest absolute Gasteiger partial charge is 0.481 e. The summed E-state index contributed by atoms with van der Waals surface area (Å²) in [7, 11) is 1.95. The van der Waals surface area contributed by atoms with E-state index in [1.54, 1.807) is 0 Å². The van der Waals surface area contributed by atoms with Crippen molar-refractivity contribution in [1.82, 2.24) is 4.90 Å². The first-order valence-electron chi connectivity index (χ1n) is 4.42. The molecule has 1 N–H and O–H groups in total. The summed E-state index contributed by atoms with van der Waals surface area (Å²) in [6, 6.07) is 0.415. The van der Waals surface area contributed by atoms with Crippen molar-refractivity contribution in [3.05, 3.63) is 0 Å². The molecule has 12 heavy (non-hydrogen) atoms. The van der Waals surface area contributed by atoms with Gasteiger partial charge in [-0.05, 0) is 27.3 Å². The number of hydrogen-bond acceptors (Lipinski definition) is 2. The number of carboxylic acid groups (broad SMARTS) is 1. The summed E-state index contributed by atoms with van der Waals surface area (Å²) >= 11 is 0. The van der Waals surface area contributed by atoms with Gasteiger partial charge in [-0.15, -0.1) is 0 Å². The lowest BCUT2D eigenvalue weighted by molar-refractivity contribution is -0.142. The SMILES string of the molecule is CCC(CN(C)C(C)C)C(=O)O. The molecule has 0 spiro atoms. The molecule has 0 aromatic rings. The Morgan fingerprint density at radius 2 is 2.00 bits per heavy atom. The van der Waals surface area contributed by atoms with Crippen molar-refractivity contribution in [1.29, 1.82) is 0 Å². The van der Waals surface area contributed by atoms with E-state index in [1.165, 1.54) is 0 Å². The molecule has 0 heterocycles. The standard InChI is InChI=1S/C9H19NO2/c1-5-8(9(11)12)6-10(4)7(2)3/h7-8H,5-6H2,1-4H3,(H,11,12). The van der Waals surface area contributed by atoms with Gasteiger partial charge in [0.2, 0.25) is 0 Å². The molecule has 0 bridgehead atoms. The van der Waals surface area contributed by atoms with Crippen LogP contribution in [0.15, 0.2) is 0 Å². The first-order chi connectivity index (χ1) is 5.49. The summed E-state index contributed by atoms with van der Waals surface area (Å²) in [5, 5.41) is 8.78. The first-order valence-corrected chi connectivity index (χ1v) is 4.42. The van der Waals surface area contributed by atoms with Gasteiger partial charge < -0.3 is 10.0 Å². The van der Waals surface area contributed by atoms with E-state index in [-0.39, 0.29) is 5.92 Å². The highest BCUT2D eigenvalue weighted by Crippen LogP contribution is 2.06. The van der Waals surface area contributed by atoms with Crippen LogP contribution in [-0.2, 0) is 4.79 Å². The number of carbonyl (C=O) groups is 1. The maximum Gasteiger partial charge on any atom is 0.307 e. The normalized spacial score (nSPS) is 13.8. The van der Waals surface area contributed by atoms with Crippen molar-refractivity contribution in [3.63, 3.8) is 0 Å². The van der Waals surface area contributed by atoms with Crippen LogP contribution in [0.25, 0.3) is 0 Å². The van der Waals surface area contributed by atoms with Crippen molar-refractivity contribution in [2.45, 2.75) is 33.2 Å². The van der Waals surface area contributed by atoms with Crippen molar-refractivity contribution in [2.75, 3.05) is 13.6 Å². The molecule has 0 amide bonds. The van der Waals surface area contributed by atoms with Crippen LogP contribution < -0.4 is 0 Å². The van der Waals surface area contributed by atoms with Crippen LogP contribution in [0.3, 0.4) is 0 Å². The molecule has 0 saturated carbocycles. The molecule has 72 valence electrons. The van der Waals surface area contributed by atoms with Gasteiger partial charge in [0.05, 0.1) is 5.92 Å². The molecular weight excluding hydrogens is 154 g/mol. The molecule has 3 nitrogen and oxygen atoms in total. The maximum atomic E-state index is 10.7. The highest BCUT2D eigenvalue weighted by atomic mass is 16.4. The Morgan fingerprint density at radius 3 is 2.25 bits per heavy atom. The number of nitrogens with zero attached hydrogens (tertiary/aromatic N) is 1. The third-order valence-electron chi connectivity index (χ3n) is 2.23. The highest BCUT2D eigenvalue weighted by Gasteiger charge is 2.17. The smallest absolute Gasteiger partial charge is 0.307 e. The van der Waals surface area contributed by atoms with Crippen molar-refractivity contribution in [3.8, 4) is 0 Å². The predicted octanol–water partition coefficient (Wildman–Crippen LogP) is 1.44. The minimum atomic E-state index is -0.690. The molecule has 0 aliphatic heterocycles. The molecule has 0 fully saturated rings. The molecule has 0 saturated heterocycles. The summed E-state index contributed by atoms with van der Waals surface area (Å²) in [6.45, 7) is 6.68. The molecule has 0 aromatic heterocycles. The van der Waals surface area contributed by atoms with E-state index < -0.39 is 5.97 Å². The lowest BCUT2D eigenvalue weighted by Crippen LogP contribution is -2.34. The summed E-state index contributed by atoms with van der Waals surface area (Å²) < 4.78 is 0. The molecule has 1 unspecified atom stereocenters. The van der Waals surface area contributed by atoms with Gasteiger partial charge >= 0.3 is 5.97 Å². The zero-order valence-electron chi connectivity index (χ0n) is 8.37. The van der Waals surface area contributed by atoms with Crippen LogP contribution in [-0.4, -0.2) is 35.6 Å².